The van der Waals surface area contributed by atoms with Gasteiger partial charge in [-0.2, -0.15) is 0 Å². The van der Waals surface area contributed by atoms with E-state index < -0.39 is 0 Å². The van der Waals surface area contributed by atoms with E-state index in [-0.39, 0.29) is 0 Å². The molecule has 0 amide bonds. The zero-order valence-corrected chi connectivity index (χ0v) is 12.2. The van der Waals surface area contributed by atoms with Crippen molar-refractivity contribution in [1.29, 1.82) is 0 Å². The molecule has 0 saturated carbocycles. The van der Waals surface area contributed by atoms with Crippen LogP contribution >= 0.6 is 0 Å². The van der Waals surface area contributed by atoms with Crippen LogP contribution in [-0.4, -0.2) is 37.6 Å². The predicted molar refractivity (Wildman–Crippen MR) is 76.5 cm³/mol. The molecule has 0 atom stereocenters. The largest absolute Gasteiger partial charge is 0.314 e. The van der Waals surface area contributed by atoms with Gasteiger partial charge in [0, 0.05) is 32.7 Å². The summed E-state index contributed by atoms with van der Waals surface area (Å²) in [6.07, 6.45) is 8.43. The third kappa shape index (κ3) is 7.05. The number of unbranched alkanes of at least 4 members (excludes halogenated alkanes) is 4. The molecule has 102 valence electrons. The summed E-state index contributed by atoms with van der Waals surface area (Å²) in [7, 11) is 0. The lowest BCUT2D eigenvalue weighted by Crippen LogP contribution is -2.46. The van der Waals surface area contributed by atoms with E-state index in [1.54, 1.807) is 0 Å². The summed E-state index contributed by atoms with van der Waals surface area (Å²) in [5, 5.41) is 3.43. The van der Waals surface area contributed by atoms with E-state index >= 15 is 0 Å². The van der Waals surface area contributed by atoms with Gasteiger partial charge in [0.05, 0.1) is 0 Å². The molecule has 1 heterocycles. The molecule has 1 aliphatic heterocycles. The molecule has 0 aromatic rings. The van der Waals surface area contributed by atoms with Crippen molar-refractivity contribution < 1.29 is 0 Å². The molecule has 1 aliphatic rings. The maximum atomic E-state index is 3.43. The molecule has 1 saturated heterocycles. The van der Waals surface area contributed by atoms with E-state index in [1.807, 2.05) is 0 Å². The van der Waals surface area contributed by atoms with Crippen molar-refractivity contribution in [3.8, 4) is 0 Å². The Bertz CT molecular complexity index is 183. The van der Waals surface area contributed by atoms with E-state index in [1.165, 1.54) is 71.2 Å². The Morgan fingerprint density at radius 2 is 1.65 bits per heavy atom. The molecule has 0 spiro atoms. The molecule has 0 aliphatic carbocycles. The van der Waals surface area contributed by atoms with Crippen molar-refractivity contribution in [2.75, 3.05) is 32.7 Å². The first-order valence-electron chi connectivity index (χ1n) is 7.57. The summed E-state index contributed by atoms with van der Waals surface area (Å²) < 4.78 is 0. The molecule has 2 nitrogen and oxygen atoms in total. The first-order chi connectivity index (χ1) is 8.14. The molecule has 1 N–H and O–H groups in total. The van der Waals surface area contributed by atoms with Crippen LogP contribution < -0.4 is 5.32 Å². The van der Waals surface area contributed by atoms with Crippen molar-refractivity contribution in [3.05, 3.63) is 0 Å². The number of hydrogen-bond acceptors (Lipinski definition) is 2. The highest BCUT2D eigenvalue weighted by atomic mass is 15.2. The summed E-state index contributed by atoms with van der Waals surface area (Å²) in [6.45, 7) is 13.3. The molecule has 0 unspecified atom stereocenters. The zero-order chi connectivity index (χ0) is 12.6. The van der Waals surface area contributed by atoms with E-state index in [2.05, 4.69) is 31.0 Å². The van der Waals surface area contributed by atoms with Crippen LogP contribution in [0.4, 0.5) is 0 Å². The Labute approximate surface area is 108 Å². The third-order valence-corrected chi connectivity index (χ3v) is 3.82. The lowest BCUT2D eigenvalue weighted by molar-refractivity contribution is 0.150. The zero-order valence-electron chi connectivity index (χ0n) is 12.2. The van der Waals surface area contributed by atoms with Gasteiger partial charge in [-0.3, -0.25) is 0 Å². The monoisotopic (exact) mass is 240 g/mol. The van der Waals surface area contributed by atoms with Gasteiger partial charge in [-0.15, -0.1) is 0 Å². The molecule has 0 bridgehead atoms. The summed E-state index contributed by atoms with van der Waals surface area (Å²) in [4.78, 5) is 2.63. The minimum atomic E-state index is 0.504. The maximum Gasteiger partial charge on any atom is 0.0108 e. The topological polar surface area (TPSA) is 15.3 Å². The fraction of sp³-hybridized carbons (Fsp3) is 1.00. The van der Waals surface area contributed by atoms with Crippen LogP contribution in [0.15, 0.2) is 0 Å². The first-order valence-corrected chi connectivity index (χ1v) is 7.57. The highest BCUT2D eigenvalue weighted by Gasteiger charge is 2.22. The van der Waals surface area contributed by atoms with E-state index in [9.17, 15) is 0 Å². The smallest absolute Gasteiger partial charge is 0.0108 e. The molecule has 0 radical (unpaired) electrons. The van der Waals surface area contributed by atoms with Crippen LogP contribution in [0.1, 0.15) is 59.3 Å². The third-order valence-electron chi connectivity index (χ3n) is 3.82. The first kappa shape index (κ1) is 15.0. The van der Waals surface area contributed by atoms with Gasteiger partial charge in [0.2, 0.25) is 0 Å². The fourth-order valence-electron chi connectivity index (χ4n) is 2.76. The second kappa shape index (κ2) is 8.10. The molecule has 2 heteroatoms. The molecule has 1 rings (SSSR count). The quantitative estimate of drug-likeness (QED) is 0.655. The lowest BCUT2D eigenvalue weighted by Gasteiger charge is -2.35. The van der Waals surface area contributed by atoms with Gasteiger partial charge in [0.1, 0.15) is 0 Å². The average molecular weight is 240 g/mol. The van der Waals surface area contributed by atoms with Crippen LogP contribution in [0, 0.1) is 5.41 Å². The Hall–Kier alpha value is -0.0800. The van der Waals surface area contributed by atoms with Crippen molar-refractivity contribution in [1.82, 2.24) is 10.2 Å². The highest BCUT2D eigenvalue weighted by molar-refractivity contribution is 4.77. The van der Waals surface area contributed by atoms with Crippen molar-refractivity contribution in [2.24, 2.45) is 5.41 Å². The van der Waals surface area contributed by atoms with Crippen LogP contribution in [0.2, 0.25) is 0 Å². The maximum absolute atomic E-state index is 3.43. The second-order valence-corrected chi connectivity index (χ2v) is 6.35. The summed E-state index contributed by atoms with van der Waals surface area (Å²) in [6, 6.07) is 0. The van der Waals surface area contributed by atoms with Crippen molar-refractivity contribution >= 4 is 0 Å². The molecule has 0 aromatic heterocycles. The van der Waals surface area contributed by atoms with Crippen LogP contribution in [0.3, 0.4) is 0 Å². The summed E-state index contributed by atoms with van der Waals surface area (Å²) in [5.41, 5.74) is 0.504. The minimum Gasteiger partial charge on any atom is -0.314 e. The molecule has 17 heavy (non-hydrogen) atoms. The molecule has 0 aromatic carbocycles. The van der Waals surface area contributed by atoms with E-state index in [0.717, 1.165) is 0 Å². The van der Waals surface area contributed by atoms with Crippen LogP contribution in [0.25, 0.3) is 0 Å². The summed E-state index contributed by atoms with van der Waals surface area (Å²) >= 11 is 0. The molecular weight excluding hydrogens is 208 g/mol. The number of piperazine rings is 1. The predicted octanol–water partition coefficient (Wildman–Crippen LogP) is 3.28. The SMILES string of the molecule is CCCCCCCC(C)(C)CN1CCNCC1. The Morgan fingerprint density at radius 3 is 2.29 bits per heavy atom. The number of hydrogen-bond donors (Lipinski definition) is 1. The van der Waals surface area contributed by atoms with Gasteiger partial charge in [-0.1, -0.05) is 52.9 Å². The van der Waals surface area contributed by atoms with Gasteiger partial charge < -0.3 is 10.2 Å². The molecular formula is C15H32N2. The number of nitrogens with zero attached hydrogens (tertiary/aromatic N) is 1. The second-order valence-electron chi connectivity index (χ2n) is 6.35. The highest BCUT2D eigenvalue weighted by Crippen LogP contribution is 2.25. The van der Waals surface area contributed by atoms with Gasteiger partial charge in [0.15, 0.2) is 0 Å². The van der Waals surface area contributed by atoms with Crippen molar-refractivity contribution in [3.63, 3.8) is 0 Å². The fourth-order valence-corrected chi connectivity index (χ4v) is 2.76. The van der Waals surface area contributed by atoms with Crippen LogP contribution in [-0.2, 0) is 0 Å². The Morgan fingerprint density at radius 1 is 1.00 bits per heavy atom. The average Bonchev–Trinajstić information content (AvgIpc) is 2.29. The standard InChI is InChI=1S/C15H32N2/c1-4-5-6-7-8-9-15(2,3)14-17-12-10-16-11-13-17/h16H,4-14H2,1-3H3. The van der Waals surface area contributed by atoms with Crippen molar-refractivity contribution in [2.45, 2.75) is 59.3 Å². The molecule has 1 fully saturated rings. The number of rotatable bonds is 8. The van der Waals surface area contributed by atoms with E-state index in [0.29, 0.717) is 5.41 Å². The number of nitrogens with one attached hydrogen (secondary N) is 1. The van der Waals surface area contributed by atoms with Gasteiger partial charge in [0.25, 0.3) is 0 Å². The van der Waals surface area contributed by atoms with E-state index in [4.69, 9.17) is 0 Å². The van der Waals surface area contributed by atoms with Gasteiger partial charge in [-0.25, -0.2) is 0 Å². The lowest BCUT2D eigenvalue weighted by atomic mass is 9.86. The minimum absolute atomic E-state index is 0.504. The summed E-state index contributed by atoms with van der Waals surface area (Å²) in [5.74, 6) is 0. The van der Waals surface area contributed by atoms with Gasteiger partial charge in [-0.05, 0) is 11.8 Å². The normalized spacial score (nSPS) is 18.5. The Kier molecular flexibility index (Phi) is 7.14. The Balaban J connectivity index is 2.11. The van der Waals surface area contributed by atoms with Gasteiger partial charge >= 0.3 is 0 Å². The van der Waals surface area contributed by atoms with Crippen LogP contribution in [0.5, 0.6) is 0 Å².